The Hall–Kier alpha value is -2.60. The summed E-state index contributed by atoms with van der Waals surface area (Å²) >= 11 is 0. The number of benzene rings is 2. The zero-order valence-corrected chi connectivity index (χ0v) is 13.5. The van der Waals surface area contributed by atoms with Crippen molar-refractivity contribution < 1.29 is 4.79 Å². The molecule has 118 valence electrons. The molecular weight excluding hydrogens is 284 g/mol. The molecule has 0 saturated heterocycles. The van der Waals surface area contributed by atoms with E-state index in [2.05, 4.69) is 18.2 Å². The van der Waals surface area contributed by atoms with Crippen LogP contribution in [0.5, 0.6) is 0 Å². The zero-order chi connectivity index (χ0) is 16.5. The molecule has 1 unspecified atom stereocenters. The number of carbonyl (C=O) groups is 1. The summed E-state index contributed by atoms with van der Waals surface area (Å²) in [5.41, 5.74) is 2.09. The number of para-hydroxylation sites is 1. The van der Waals surface area contributed by atoms with Crippen molar-refractivity contribution in [3.63, 3.8) is 0 Å². The Morgan fingerprint density at radius 1 is 1.09 bits per heavy atom. The SMILES string of the molecule is CCN(C(=O)C(C#N)CCCc1ccccc1)c1ccccc1. The second-order valence-corrected chi connectivity index (χ2v) is 5.48. The normalized spacial score (nSPS) is 11.5. The number of rotatable bonds is 7. The first-order chi connectivity index (χ1) is 11.3. The first kappa shape index (κ1) is 16.8. The summed E-state index contributed by atoms with van der Waals surface area (Å²) in [5.74, 6) is -0.687. The molecule has 2 aromatic rings. The summed E-state index contributed by atoms with van der Waals surface area (Å²) < 4.78 is 0. The molecule has 1 atom stereocenters. The Bertz CT molecular complexity index is 646. The summed E-state index contributed by atoms with van der Waals surface area (Å²) in [7, 11) is 0. The quantitative estimate of drug-likeness (QED) is 0.769. The number of hydrogen-bond donors (Lipinski definition) is 0. The molecule has 0 aliphatic carbocycles. The first-order valence-electron chi connectivity index (χ1n) is 8.06. The Morgan fingerprint density at radius 2 is 1.70 bits per heavy atom. The van der Waals surface area contributed by atoms with E-state index >= 15 is 0 Å². The van der Waals surface area contributed by atoms with Crippen LogP contribution in [0, 0.1) is 17.2 Å². The van der Waals surface area contributed by atoms with Gasteiger partial charge in [-0.15, -0.1) is 0 Å². The highest BCUT2D eigenvalue weighted by molar-refractivity contribution is 5.96. The van der Waals surface area contributed by atoms with Crippen LogP contribution in [0.1, 0.15) is 25.3 Å². The highest BCUT2D eigenvalue weighted by Gasteiger charge is 2.23. The Labute approximate surface area is 138 Å². The maximum atomic E-state index is 12.7. The second-order valence-electron chi connectivity index (χ2n) is 5.48. The van der Waals surface area contributed by atoms with E-state index in [0.717, 1.165) is 18.5 Å². The van der Waals surface area contributed by atoms with Crippen molar-refractivity contribution >= 4 is 11.6 Å². The fourth-order valence-electron chi connectivity index (χ4n) is 2.66. The van der Waals surface area contributed by atoms with Crippen LogP contribution in [-0.2, 0) is 11.2 Å². The fourth-order valence-corrected chi connectivity index (χ4v) is 2.66. The van der Waals surface area contributed by atoms with Crippen LogP contribution in [0.4, 0.5) is 5.69 Å². The van der Waals surface area contributed by atoms with Crippen molar-refractivity contribution in [1.29, 1.82) is 5.26 Å². The maximum absolute atomic E-state index is 12.7. The topological polar surface area (TPSA) is 44.1 Å². The van der Waals surface area contributed by atoms with Crippen molar-refractivity contribution in [3.8, 4) is 6.07 Å². The molecule has 3 heteroatoms. The molecule has 0 heterocycles. The molecule has 23 heavy (non-hydrogen) atoms. The van der Waals surface area contributed by atoms with Gasteiger partial charge in [0.2, 0.25) is 5.91 Å². The maximum Gasteiger partial charge on any atom is 0.244 e. The largest absolute Gasteiger partial charge is 0.312 e. The minimum absolute atomic E-state index is 0.103. The predicted molar refractivity (Wildman–Crippen MR) is 93.0 cm³/mol. The van der Waals surface area contributed by atoms with Crippen LogP contribution in [0.25, 0.3) is 0 Å². The monoisotopic (exact) mass is 306 g/mol. The summed E-state index contributed by atoms with van der Waals surface area (Å²) in [6, 6.07) is 21.9. The summed E-state index contributed by atoms with van der Waals surface area (Å²) in [4.78, 5) is 14.3. The number of aryl methyl sites for hydroxylation is 1. The van der Waals surface area contributed by atoms with E-state index in [1.165, 1.54) is 5.56 Å². The molecule has 0 fully saturated rings. The van der Waals surface area contributed by atoms with Crippen molar-refractivity contribution in [2.75, 3.05) is 11.4 Å². The van der Waals surface area contributed by atoms with Gasteiger partial charge >= 0.3 is 0 Å². The molecule has 2 aromatic carbocycles. The Morgan fingerprint density at radius 3 is 2.26 bits per heavy atom. The van der Waals surface area contributed by atoms with Gasteiger partial charge in [0, 0.05) is 12.2 Å². The Balaban J connectivity index is 1.96. The molecule has 0 aromatic heterocycles. The third-order valence-electron chi connectivity index (χ3n) is 3.91. The summed E-state index contributed by atoms with van der Waals surface area (Å²) in [5, 5.41) is 9.39. The predicted octanol–water partition coefficient (Wildman–Crippen LogP) is 4.20. The van der Waals surface area contributed by atoms with E-state index in [4.69, 9.17) is 0 Å². The van der Waals surface area contributed by atoms with Gasteiger partial charge in [0.15, 0.2) is 0 Å². The average molecular weight is 306 g/mol. The lowest BCUT2D eigenvalue weighted by molar-refractivity contribution is -0.121. The molecule has 3 nitrogen and oxygen atoms in total. The van der Waals surface area contributed by atoms with E-state index in [-0.39, 0.29) is 5.91 Å². The van der Waals surface area contributed by atoms with E-state index in [9.17, 15) is 10.1 Å². The molecule has 0 N–H and O–H groups in total. The lowest BCUT2D eigenvalue weighted by Crippen LogP contribution is -2.35. The van der Waals surface area contributed by atoms with Crippen molar-refractivity contribution in [2.24, 2.45) is 5.92 Å². The van der Waals surface area contributed by atoms with E-state index < -0.39 is 5.92 Å². The Kier molecular flexibility index (Phi) is 6.38. The molecule has 0 saturated carbocycles. The van der Waals surface area contributed by atoms with Gasteiger partial charge in [-0.3, -0.25) is 4.79 Å². The van der Waals surface area contributed by atoms with Crippen LogP contribution < -0.4 is 4.90 Å². The smallest absolute Gasteiger partial charge is 0.244 e. The molecule has 0 aliphatic heterocycles. The third-order valence-corrected chi connectivity index (χ3v) is 3.91. The lowest BCUT2D eigenvalue weighted by atomic mass is 9.99. The van der Waals surface area contributed by atoms with Crippen LogP contribution in [0.3, 0.4) is 0 Å². The minimum atomic E-state index is -0.584. The van der Waals surface area contributed by atoms with Gasteiger partial charge in [0.05, 0.1) is 6.07 Å². The van der Waals surface area contributed by atoms with Crippen LogP contribution in [-0.4, -0.2) is 12.5 Å². The van der Waals surface area contributed by atoms with E-state index in [0.29, 0.717) is 13.0 Å². The van der Waals surface area contributed by atoms with E-state index in [1.807, 2.05) is 55.5 Å². The van der Waals surface area contributed by atoms with Crippen molar-refractivity contribution in [1.82, 2.24) is 0 Å². The van der Waals surface area contributed by atoms with Crippen LogP contribution in [0.2, 0.25) is 0 Å². The van der Waals surface area contributed by atoms with Gasteiger partial charge in [0.25, 0.3) is 0 Å². The molecular formula is C20H22N2O. The van der Waals surface area contributed by atoms with Gasteiger partial charge in [-0.05, 0) is 43.9 Å². The number of amides is 1. The number of carbonyl (C=O) groups excluding carboxylic acids is 1. The van der Waals surface area contributed by atoms with Crippen molar-refractivity contribution in [3.05, 3.63) is 66.2 Å². The zero-order valence-electron chi connectivity index (χ0n) is 13.5. The third kappa shape index (κ3) is 4.69. The average Bonchev–Trinajstić information content (AvgIpc) is 2.61. The molecule has 0 bridgehead atoms. The number of nitriles is 1. The van der Waals surface area contributed by atoms with E-state index in [1.54, 1.807) is 4.90 Å². The van der Waals surface area contributed by atoms with Gasteiger partial charge in [-0.1, -0.05) is 48.5 Å². The van der Waals surface area contributed by atoms with Crippen molar-refractivity contribution in [2.45, 2.75) is 26.2 Å². The number of anilines is 1. The van der Waals surface area contributed by atoms with Crippen LogP contribution >= 0.6 is 0 Å². The van der Waals surface area contributed by atoms with Gasteiger partial charge in [0.1, 0.15) is 5.92 Å². The minimum Gasteiger partial charge on any atom is -0.312 e. The highest BCUT2D eigenvalue weighted by Crippen LogP contribution is 2.19. The molecule has 0 aliphatic rings. The summed E-state index contributed by atoms with van der Waals surface area (Å²) in [6.45, 7) is 2.50. The molecule has 1 amide bonds. The highest BCUT2D eigenvalue weighted by atomic mass is 16.2. The first-order valence-corrected chi connectivity index (χ1v) is 8.06. The molecule has 2 rings (SSSR count). The van der Waals surface area contributed by atoms with Gasteiger partial charge in [-0.2, -0.15) is 5.26 Å². The fraction of sp³-hybridized carbons (Fsp3) is 0.300. The number of nitrogens with zero attached hydrogens (tertiary/aromatic N) is 2. The lowest BCUT2D eigenvalue weighted by Gasteiger charge is -2.23. The van der Waals surface area contributed by atoms with Crippen LogP contribution in [0.15, 0.2) is 60.7 Å². The van der Waals surface area contributed by atoms with Gasteiger partial charge in [-0.25, -0.2) is 0 Å². The molecule has 0 spiro atoms. The number of hydrogen-bond acceptors (Lipinski definition) is 2. The standard InChI is InChI=1S/C20H22N2O/c1-2-22(19-14-7-4-8-15-19)20(23)18(16-21)13-9-12-17-10-5-3-6-11-17/h3-8,10-11,14-15,18H,2,9,12-13H2,1H3. The molecule has 0 radical (unpaired) electrons. The summed E-state index contributed by atoms with van der Waals surface area (Å²) in [6.07, 6.45) is 2.32. The second kappa shape index (κ2) is 8.75. The van der Waals surface area contributed by atoms with Gasteiger partial charge < -0.3 is 4.90 Å².